The largest absolute Gasteiger partial charge is 0.445 e. The van der Waals surface area contributed by atoms with Crippen molar-refractivity contribution in [1.29, 1.82) is 0 Å². The third-order valence-corrected chi connectivity index (χ3v) is 3.22. The monoisotopic (exact) mass is 280 g/mol. The van der Waals surface area contributed by atoms with Gasteiger partial charge in [0.25, 0.3) is 0 Å². The maximum absolute atomic E-state index is 11.7. The van der Waals surface area contributed by atoms with Crippen LogP contribution in [0.25, 0.3) is 0 Å². The van der Waals surface area contributed by atoms with Crippen LogP contribution in [0.2, 0.25) is 0 Å². The van der Waals surface area contributed by atoms with Crippen LogP contribution in [0, 0.1) is 6.92 Å². The van der Waals surface area contributed by atoms with Crippen LogP contribution in [0.5, 0.6) is 0 Å². The van der Waals surface area contributed by atoms with Gasteiger partial charge in [0.1, 0.15) is 5.76 Å². The van der Waals surface area contributed by atoms with E-state index >= 15 is 0 Å². The Labute approximate surface area is 122 Å². The van der Waals surface area contributed by atoms with Gasteiger partial charge in [-0.25, -0.2) is 4.98 Å². The number of rotatable bonds is 7. The van der Waals surface area contributed by atoms with Gasteiger partial charge in [-0.15, -0.1) is 0 Å². The number of amides is 1. The van der Waals surface area contributed by atoms with E-state index in [1.54, 1.807) is 0 Å². The molecule has 0 aliphatic rings. The Morgan fingerprint density at radius 3 is 2.55 bits per heavy atom. The second kappa shape index (κ2) is 7.46. The molecule has 0 bridgehead atoms. The number of hydrogen-bond acceptors (Lipinski definition) is 3. The van der Waals surface area contributed by atoms with Gasteiger partial charge in [-0.1, -0.05) is 40.5 Å². The van der Waals surface area contributed by atoms with Gasteiger partial charge in [-0.05, 0) is 13.3 Å². The van der Waals surface area contributed by atoms with Crippen molar-refractivity contribution in [3.63, 3.8) is 0 Å². The van der Waals surface area contributed by atoms with E-state index in [0.29, 0.717) is 12.8 Å². The number of carbonyl (C=O) groups excluding carboxylic acids is 1. The van der Waals surface area contributed by atoms with Crippen molar-refractivity contribution < 1.29 is 9.21 Å². The summed E-state index contributed by atoms with van der Waals surface area (Å²) in [5.74, 6) is 1.67. The summed E-state index contributed by atoms with van der Waals surface area (Å²) in [6.45, 7) is 11.1. The number of nitrogens with one attached hydrogen (secondary N) is 1. The van der Waals surface area contributed by atoms with Gasteiger partial charge in [-0.3, -0.25) is 4.79 Å². The molecule has 0 fully saturated rings. The molecular formula is C16H28N2O2. The normalized spacial score (nSPS) is 11.7. The first-order valence-electron chi connectivity index (χ1n) is 7.58. The Hall–Kier alpha value is -1.32. The second-order valence-corrected chi connectivity index (χ2v) is 6.33. The molecule has 0 saturated carbocycles. The highest BCUT2D eigenvalue weighted by molar-refractivity contribution is 5.76. The van der Waals surface area contributed by atoms with Gasteiger partial charge < -0.3 is 9.73 Å². The smallest absolute Gasteiger partial charge is 0.220 e. The van der Waals surface area contributed by atoms with Crippen molar-refractivity contribution in [3.05, 3.63) is 17.3 Å². The fourth-order valence-electron chi connectivity index (χ4n) is 1.90. The Morgan fingerprint density at radius 1 is 1.30 bits per heavy atom. The summed E-state index contributed by atoms with van der Waals surface area (Å²) in [6.07, 6.45) is 4.47. The summed E-state index contributed by atoms with van der Waals surface area (Å²) >= 11 is 0. The summed E-state index contributed by atoms with van der Waals surface area (Å²) in [4.78, 5) is 16.2. The van der Waals surface area contributed by atoms with Gasteiger partial charge in [0.15, 0.2) is 5.89 Å². The van der Waals surface area contributed by atoms with Crippen LogP contribution in [-0.2, 0) is 16.6 Å². The van der Waals surface area contributed by atoms with E-state index in [0.717, 1.165) is 36.7 Å². The second-order valence-electron chi connectivity index (χ2n) is 6.33. The topological polar surface area (TPSA) is 55.1 Å². The molecule has 1 N–H and O–H groups in total. The maximum atomic E-state index is 11.7. The molecule has 0 spiro atoms. The van der Waals surface area contributed by atoms with Crippen molar-refractivity contribution in [1.82, 2.24) is 10.3 Å². The molecule has 1 aromatic heterocycles. The highest BCUT2D eigenvalue weighted by Gasteiger charge is 2.22. The molecule has 1 aromatic rings. The predicted octanol–water partition coefficient (Wildman–Crippen LogP) is 3.52. The predicted molar refractivity (Wildman–Crippen MR) is 80.8 cm³/mol. The summed E-state index contributed by atoms with van der Waals surface area (Å²) in [5, 5.41) is 2.94. The lowest BCUT2D eigenvalue weighted by atomic mass is 9.97. The fraction of sp³-hybridized carbons (Fsp3) is 0.750. The quantitative estimate of drug-likeness (QED) is 0.777. The summed E-state index contributed by atoms with van der Waals surface area (Å²) < 4.78 is 5.78. The molecular weight excluding hydrogens is 252 g/mol. The minimum Gasteiger partial charge on any atom is -0.445 e. The first-order chi connectivity index (χ1) is 9.34. The van der Waals surface area contributed by atoms with Crippen LogP contribution in [-0.4, -0.2) is 17.4 Å². The first kappa shape index (κ1) is 16.7. The molecule has 20 heavy (non-hydrogen) atoms. The summed E-state index contributed by atoms with van der Waals surface area (Å²) in [5.41, 5.74) is 0.805. The summed E-state index contributed by atoms with van der Waals surface area (Å²) in [6, 6.07) is 0. The number of nitrogens with zero attached hydrogens (tertiary/aromatic N) is 1. The Bertz CT molecular complexity index is 430. The number of unbranched alkanes of at least 4 members (excludes halogenated alkanes) is 2. The zero-order valence-corrected chi connectivity index (χ0v) is 13.5. The Morgan fingerprint density at radius 2 is 2.00 bits per heavy atom. The van der Waals surface area contributed by atoms with E-state index in [-0.39, 0.29) is 11.3 Å². The van der Waals surface area contributed by atoms with E-state index in [1.165, 1.54) is 6.42 Å². The van der Waals surface area contributed by atoms with E-state index < -0.39 is 0 Å². The fourth-order valence-corrected chi connectivity index (χ4v) is 1.90. The Balaban J connectivity index is 2.42. The molecule has 0 aromatic carbocycles. The van der Waals surface area contributed by atoms with Gasteiger partial charge in [0.2, 0.25) is 5.91 Å². The molecule has 1 heterocycles. The lowest BCUT2D eigenvalue weighted by Crippen LogP contribution is -2.24. The third kappa shape index (κ3) is 5.35. The lowest BCUT2D eigenvalue weighted by molar-refractivity contribution is -0.121. The molecule has 1 rings (SSSR count). The van der Waals surface area contributed by atoms with Crippen molar-refractivity contribution in [2.24, 2.45) is 0 Å². The SMILES string of the molecule is CCCCCNC(=O)CCc1oc(C(C)(C)C)nc1C. The van der Waals surface area contributed by atoms with Gasteiger partial charge in [0.05, 0.1) is 5.69 Å². The zero-order valence-electron chi connectivity index (χ0n) is 13.5. The van der Waals surface area contributed by atoms with Crippen LogP contribution in [0.3, 0.4) is 0 Å². The summed E-state index contributed by atoms with van der Waals surface area (Å²) in [7, 11) is 0. The minimum atomic E-state index is -0.0918. The highest BCUT2D eigenvalue weighted by atomic mass is 16.4. The van der Waals surface area contributed by atoms with Crippen molar-refractivity contribution in [2.45, 2.75) is 72.1 Å². The highest BCUT2D eigenvalue weighted by Crippen LogP contribution is 2.24. The van der Waals surface area contributed by atoms with Gasteiger partial charge in [-0.2, -0.15) is 0 Å². The minimum absolute atomic E-state index is 0.0918. The average Bonchev–Trinajstić information content (AvgIpc) is 2.74. The van der Waals surface area contributed by atoms with Crippen LogP contribution < -0.4 is 5.32 Å². The molecule has 0 aliphatic carbocycles. The Kier molecular flexibility index (Phi) is 6.24. The van der Waals surface area contributed by atoms with Crippen molar-refractivity contribution in [3.8, 4) is 0 Å². The first-order valence-corrected chi connectivity index (χ1v) is 7.58. The number of carbonyl (C=O) groups is 1. The molecule has 0 atom stereocenters. The molecule has 0 unspecified atom stereocenters. The molecule has 4 heteroatoms. The van der Waals surface area contributed by atoms with Crippen molar-refractivity contribution >= 4 is 5.91 Å². The number of aryl methyl sites for hydroxylation is 2. The standard InChI is InChI=1S/C16H28N2O2/c1-6-7-8-11-17-14(19)10-9-13-12(2)18-15(20-13)16(3,4)5/h6-11H2,1-5H3,(H,17,19). The van der Waals surface area contributed by atoms with E-state index in [1.807, 2.05) is 6.92 Å². The molecule has 0 aliphatic heterocycles. The molecule has 4 nitrogen and oxygen atoms in total. The van der Waals surface area contributed by atoms with Crippen LogP contribution in [0.4, 0.5) is 0 Å². The van der Waals surface area contributed by atoms with E-state index in [9.17, 15) is 4.79 Å². The van der Waals surface area contributed by atoms with Crippen LogP contribution in [0.15, 0.2) is 4.42 Å². The molecule has 0 saturated heterocycles. The zero-order chi connectivity index (χ0) is 15.2. The molecule has 1 amide bonds. The number of hydrogen-bond donors (Lipinski definition) is 1. The van der Waals surface area contributed by atoms with Crippen LogP contribution >= 0.6 is 0 Å². The third-order valence-electron chi connectivity index (χ3n) is 3.22. The molecule has 114 valence electrons. The van der Waals surface area contributed by atoms with Gasteiger partial charge in [0, 0.05) is 24.8 Å². The lowest BCUT2D eigenvalue weighted by Gasteiger charge is -2.12. The number of aromatic nitrogens is 1. The average molecular weight is 280 g/mol. The van der Waals surface area contributed by atoms with Crippen LogP contribution in [0.1, 0.15) is 70.7 Å². The maximum Gasteiger partial charge on any atom is 0.220 e. The van der Waals surface area contributed by atoms with E-state index in [2.05, 4.69) is 38.0 Å². The van der Waals surface area contributed by atoms with Crippen molar-refractivity contribution in [2.75, 3.05) is 6.54 Å². The van der Waals surface area contributed by atoms with Gasteiger partial charge >= 0.3 is 0 Å². The van der Waals surface area contributed by atoms with E-state index in [4.69, 9.17) is 4.42 Å². The number of oxazole rings is 1. The molecule has 0 radical (unpaired) electrons.